The molecule has 1 atom stereocenters. The molecule has 12 heteroatoms. The van der Waals surface area contributed by atoms with Crippen molar-refractivity contribution in [3.8, 4) is 5.69 Å². The van der Waals surface area contributed by atoms with Crippen LogP contribution < -0.4 is 11.3 Å². The van der Waals surface area contributed by atoms with Gasteiger partial charge in [0.05, 0.1) is 34.7 Å². The highest BCUT2D eigenvalue weighted by molar-refractivity contribution is 7.89. The van der Waals surface area contributed by atoms with Crippen LogP contribution in [-0.2, 0) is 26.0 Å². The Morgan fingerprint density at radius 3 is 2.30 bits per heavy atom. The second-order valence-corrected chi connectivity index (χ2v) is 11.4. The van der Waals surface area contributed by atoms with Gasteiger partial charge in [-0.25, -0.2) is 22.2 Å². The number of fused-ring (bicyclic) bond motifs is 1. The van der Waals surface area contributed by atoms with E-state index < -0.39 is 39.0 Å². The third kappa shape index (κ3) is 5.64. The van der Waals surface area contributed by atoms with E-state index >= 15 is 0 Å². The number of sulfonamides is 1. The summed E-state index contributed by atoms with van der Waals surface area (Å²) in [7, 11) is -3.78. The number of carbonyl (C=O) groups is 1. The molecular formula is C28H26F2N4O5S. The maximum Gasteiger partial charge on any atom is 0.265 e. The zero-order valence-electron chi connectivity index (χ0n) is 21.3. The lowest BCUT2D eigenvalue weighted by Crippen LogP contribution is -2.40. The summed E-state index contributed by atoms with van der Waals surface area (Å²) in [6.07, 6.45) is -0.293. The van der Waals surface area contributed by atoms with Crippen molar-refractivity contribution in [2.45, 2.75) is 23.7 Å². The van der Waals surface area contributed by atoms with Crippen molar-refractivity contribution in [3.05, 3.63) is 100 Å². The Hall–Kier alpha value is -4.00. The minimum atomic E-state index is -3.78. The number of rotatable bonds is 8. The summed E-state index contributed by atoms with van der Waals surface area (Å²) in [5.41, 5.74) is 6.01. The quantitative estimate of drug-likeness (QED) is 0.349. The summed E-state index contributed by atoms with van der Waals surface area (Å²) < 4.78 is 62.0. The second-order valence-electron chi connectivity index (χ2n) is 9.49. The molecule has 4 aromatic rings. The molecule has 0 unspecified atom stereocenters. The summed E-state index contributed by atoms with van der Waals surface area (Å²) in [5.74, 6) is -2.94. The number of hydrogen-bond acceptors (Lipinski definition) is 6. The second kappa shape index (κ2) is 11.2. The molecule has 40 heavy (non-hydrogen) atoms. The number of primary amides is 1. The number of aromatic nitrogens is 2. The number of halogens is 2. The fraction of sp³-hybridized carbons (Fsp3) is 0.250. The van der Waals surface area contributed by atoms with Crippen LogP contribution in [0.1, 0.15) is 23.7 Å². The van der Waals surface area contributed by atoms with Gasteiger partial charge in [-0.15, -0.1) is 0 Å². The van der Waals surface area contributed by atoms with Crippen LogP contribution in [0, 0.1) is 11.6 Å². The SMILES string of the molecule is NC(=O)C[C@H](Cc1cc(F)cc(F)c1)c1nc2ccccc2c(=O)n1-c1ccc(S(=O)(=O)N2CCOCC2)cc1. The van der Waals surface area contributed by atoms with Gasteiger partial charge >= 0.3 is 0 Å². The molecule has 1 fully saturated rings. The molecule has 5 rings (SSSR count). The largest absolute Gasteiger partial charge is 0.379 e. The van der Waals surface area contributed by atoms with Crippen LogP contribution in [0.2, 0.25) is 0 Å². The van der Waals surface area contributed by atoms with Crippen molar-refractivity contribution >= 4 is 26.8 Å². The highest BCUT2D eigenvalue weighted by Crippen LogP contribution is 2.28. The topological polar surface area (TPSA) is 125 Å². The highest BCUT2D eigenvalue weighted by Gasteiger charge is 2.27. The normalized spacial score (nSPS) is 15.2. The highest BCUT2D eigenvalue weighted by atomic mass is 32.2. The van der Waals surface area contributed by atoms with Gasteiger partial charge in [0.25, 0.3) is 5.56 Å². The Morgan fingerprint density at radius 2 is 1.65 bits per heavy atom. The predicted octanol–water partition coefficient (Wildman–Crippen LogP) is 2.89. The number of hydrogen-bond donors (Lipinski definition) is 1. The number of amides is 1. The van der Waals surface area contributed by atoms with Crippen LogP contribution >= 0.6 is 0 Å². The number of nitrogens with zero attached hydrogens (tertiary/aromatic N) is 3. The van der Waals surface area contributed by atoms with Crippen LogP contribution in [0.15, 0.2) is 76.4 Å². The molecule has 0 saturated carbocycles. The van der Waals surface area contributed by atoms with E-state index in [0.29, 0.717) is 29.8 Å². The molecule has 0 bridgehead atoms. The molecule has 0 radical (unpaired) electrons. The van der Waals surface area contributed by atoms with Crippen LogP contribution in [0.4, 0.5) is 8.78 Å². The monoisotopic (exact) mass is 568 g/mol. The first-order valence-corrected chi connectivity index (χ1v) is 14.0. The van der Waals surface area contributed by atoms with E-state index in [0.717, 1.165) is 18.2 Å². The lowest BCUT2D eigenvalue weighted by atomic mass is 9.94. The first kappa shape index (κ1) is 27.6. The van der Waals surface area contributed by atoms with Crippen LogP contribution in [0.5, 0.6) is 0 Å². The molecule has 1 aliphatic rings. The van der Waals surface area contributed by atoms with Gasteiger partial charge in [0.15, 0.2) is 0 Å². The molecule has 0 spiro atoms. The molecule has 1 aliphatic heterocycles. The Morgan fingerprint density at radius 1 is 1.00 bits per heavy atom. The summed E-state index contributed by atoms with van der Waals surface area (Å²) >= 11 is 0. The number of carbonyl (C=O) groups excluding carboxylic acids is 1. The van der Waals surface area contributed by atoms with Crippen LogP contribution in [-0.4, -0.2) is 54.5 Å². The third-order valence-corrected chi connectivity index (χ3v) is 8.63. The smallest absolute Gasteiger partial charge is 0.265 e. The Balaban J connectivity index is 1.64. The van der Waals surface area contributed by atoms with Crippen molar-refractivity contribution < 1.29 is 26.7 Å². The summed E-state index contributed by atoms with van der Waals surface area (Å²) in [6.45, 7) is 1.07. The van der Waals surface area contributed by atoms with Gasteiger partial charge in [-0.2, -0.15) is 4.31 Å². The van der Waals surface area contributed by atoms with Gasteiger partial charge in [0.2, 0.25) is 15.9 Å². The van der Waals surface area contributed by atoms with Crippen LogP contribution in [0.3, 0.4) is 0 Å². The lowest BCUT2D eigenvalue weighted by molar-refractivity contribution is -0.118. The zero-order chi connectivity index (χ0) is 28.4. The van der Waals surface area contributed by atoms with E-state index in [9.17, 15) is 26.8 Å². The first-order valence-electron chi connectivity index (χ1n) is 12.6. The van der Waals surface area contributed by atoms with E-state index in [2.05, 4.69) is 4.98 Å². The van der Waals surface area contributed by atoms with E-state index in [4.69, 9.17) is 10.5 Å². The van der Waals surface area contributed by atoms with Gasteiger partial charge in [-0.3, -0.25) is 14.2 Å². The Bertz CT molecular complexity index is 1720. The predicted molar refractivity (Wildman–Crippen MR) is 144 cm³/mol. The van der Waals surface area contributed by atoms with Gasteiger partial charge in [0.1, 0.15) is 17.5 Å². The maximum atomic E-state index is 14.0. The van der Waals surface area contributed by atoms with E-state index in [1.54, 1.807) is 24.3 Å². The molecule has 1 aromatic heterocycles. The Kier molecular flexibility index (Phi) is 7.74. The van der Waals surface area contributed by atoms with Crippen molar-refractivity contribution in [2.75, 3.05) is 26.3 Å². The van der Waals surface area contributed by atoms with E-state index in [1.165, 1.54) is 33.1 Å². The molecule has 1 amide bonds. The molecule has 9 nitrogen and oxygen atoms in total. The summed E-state index contributed by atoms with van der Waals surface area (Å²) in [6, 6.07) is 15.4. The summed E-state index contributed by atoms with van der Waals surface area (Å²) in [4.78, 5) is 30.6. The maximum absolute atomic E-state index is 14.0. The minimum Gasteiger partial charge on any atom is -0.379 e. The number of nitrogens with two attached hydrogens (primary N) is 1. The van der Waals surface area contributed by atoms with Crippen molar-refractivity contribution in [1.82, 2.24) is 13.9 Å². The fourth-order valence-corrected chi connectivity index (χ4v) is 6.30. The summed E-state index contributed by atoms with van der Waals surface area (Å²) in [5, 5.41) is 0.297. The average Bonchev–Trinajstić information content (AvgIpc) is 2.92. The number of morpholine rings is 1. The van der Waals surface area contributed by atoms with Gasteiger partial charge in [-0.1, -0.05) is 12.1 Å². The molecule has 3 aromatic carbocycles. The molecule has 2 N–H and O–H groups in total. The molecule has 0 aliphatic carbocycles. The van der Waals surface area contributed by atoms with Gasteiger partial charge in [-0.05, 0) is 60.5 Å². The van der Waals surface area contributed by atoms with Crippen LogP contribution in [0.25, 0.3) is 16.6 Å². The molecule has 208 valence electrons. The molecule has 1 saturated heterocycles. The minimum absolute atomic E-state index is 0.0358. The first-order chi connectivity index (χ1) is 19.1. The van der Waals surface area contributed by atoms with E-state index in [1.807, 2.05) is 0 Å². The zero-order valence-corrected chi connectivity index (χ0v) is 22.1. The third-order valence-electron chi connectivity index (χ3n) is 6.72. The number of benzene rings is 3. The molecule has 2 heterocycles. The van der Waals surface area contributed by atoms with Gasteiger partial charge in [0, 0.05) is 31.5 Å². The number of para-hydroxylation sites is 1. The van der Waals surface area contributed by atoms with Crippen molar-refractivity contribution in [1.29, 1.82) is 0 Å². The average molecular weight is 569 g/mol. The van der Waals surface area contributed by atoms with Crippen molar-refractivity contribution in [2.24, 2.45) is 5.73 Å². The fourth-order valence-electron chi connectivity index (χ4n) is 4.89. The molecular weight excluding hydrogens is 542 g/mol. The Labute approximate surface area is 228 Å². The van der Waals surface area contributed by atoms with Crippen molar-refractivity contribution in [3.63, 3.8) is 0 Å². The standard InChI is InChI=1S/C28H26F2N4O5S/c29-20-14-18(15-21(30)17-20)13-19(16-26(31)35)27-32-25-4-2-1-3-24(25)28(36)34(27)22-5-7-23(8-6-22)40(37,38)33-9-11-39-12-10-33/h1-8,14-15,17,19H,9-13,16H2,(H2,31,35)/t19-/m0/s1. The lowest BCUT2D eigenvalue weighted by Gasteiger charge is -2.26. The van der Waals surface area contributed by atoms with Gasteiger partial charge < -0.3 is 10.5 Å². The number of ether oxygens (including phenoxy) is 1. The van der Waals surface area contributed by atoms with E-state index in [-0.39, 0.29) is 42.2 Å².